The van der Waals surface area contributed by atoms with E-state index in [9.17, 15) is 13.2 Å². The third-order valence-electron chi connectivity index (χ3n) is 3.64. The Morgan fingerprint density at radius 3 is 2.57 bits per heavy atom. The van der Waals surface area contributed by atoms with Gasteiger partial charge >= 0.3 is 6.18 Å². The summed E-state index contributed by atoms with van der Waals surface area (Å²) in [4.78, 5) is 1.04. The average molecular weight is 399 g/mol. The van der Waals surface area contributed by atoms with Crippen LogP contribution in [-0.4, -0.2) is 4.57 Å². The van der Waals surface area contributed by atoms with Gasteiger partial charge in [0.25, 0.3) is 0 Å². The fraction of sp³-hybridized carbons (Fsp3) is 0.188. The molecule has 3 aromatic rings. The quantitative estimate of drug-likeness (QED) is 0.543. The number of fused-ring (bicyclic) bond motifs is 1. The smallest absolute Gasteiger partial charge is 0.340 e. The molecule has 2 nitrogen and oxygen atoms in total. The maximum Gasteiger partial charge on any atom is 0.418 e. The van der Waals surface area contributed by atoms with Crippen molar-refractivity contribution in [2.45, 2.75) is 19.6 Å². The van der Waals surface area contributed by atoms with Crippen molar-refractivity contribution < 1.29 is 13.2 Å². The number of rotatable bonds is 2. The van der Waals surface area contributed by atoms with E-state index in [0.29, 0.717) is 12.1 Å². The summed E-state index contributed by atoms with van der Waals surface area (Å²) in [7, 11) is 0. The topological polar surface area (TPSA) is 28.7 Å². The van der Waals surface area contributed by atoms with Gasteiger partial charge in [-0.05, 0) is 53.2 Å². The molecular weight excluding hydrogens is 389 g/mol. The van der Waals surface area contributed by atoms with Crippen molar-refractivity contribution in [3.8, 4) is 6.07 Å². The summed E-state index contributed by atoms with van der Waals surface area (Å²) in [6.45, 7) is 2.27. The minimum Gasteiger partial charge on any atom is -0.340 e. The number of benzene rings is 1. The molecule has 0 fully saturated rings. The number of alkyl halides is 3. The van der Waals surface area contributed by atoms with Crippen molar-refractivity contribution in [3.05, 3.63) is 55.8 Å². The Morgan fingerprint density at radius 1 is 1.26 bits per heavy atom. The van der Waals surface area contributed by atoms with Crippen LogP contribution in [0.25, 0.3) is 10.9 Å². The van der Waals surface area contributed by atoms with Crippen LogP contribution in [0.1, 0.15) is 21.7 Å². The van der Waals surface area contributed by atoms with Crippen LogP contribution in [-0.2, 0) is 12.7 Å². The maximum absolute atomic E-state index is 13.4. The van der Waals surface area contributed by atoms with E-state index in [2.05, 4.69) is 15.9 Å². The molecule has 0 saturated heterocycles. The van der Waals surface area contributed by atoms with Crippen LogP contribution in [0.15, 0.2) is 34.1 Å². The van der Waals surface area contributed by atoms with E-state index in [1.807, 2.05) is 16.7 Å². The summed E-state index contributed by atoms with van der Waals surface area (Å²) < 4.78 is 42.9. The molecule has 0 aliphatic rings. The van der Waals surface area contributed by atoms with Crippen LogP contribution >= 0.6 is 27.3 Å². The molecule has 2 aromatic heterocycles. The first-order valence-electron chi connectivity index (χ1n) is 6.65. The standard InChI is InChI=1S/C16H10BrF3N2S/c1-9-6-12-13(22(9)8-11-3-5-14(17)23-11)4-2-10(7-21)15(12)16(18,19)20/h2-6H,8H2,1H3. The molecule has 0 atom stereocenters. The zero-order valence-electron chi connectivity index (χ0n) is 11.9. The molecule has 2 heterocycles. The van der Waals surface area contributed by atoms with Gasteiger partial charge in [-0.25, -0.2) is 0 Å². The fourth-order valence-electron chi connectivity index (χ4n) is 2.67. The van der Waals surface area contributed by atoms with Crippen LogP contribution in [0.4, 0.5) is 13.2 Å². The van der Waals surface area contributed by atoms with E-state index < -0.39 is 11.7 Å². The summed E-state index contributed by atoms with van der Waals surface area (Å²) in [5.74, 6) is 0. The van der Waals surface area contributed by atoms with E-state index >= 15 is 0 Å². The number of hydrogen-bond acceptors (Lipinski definition) is 2. The highest BCUT2D eigenvalue weighted by atomic mass is 79.9. The normalized spacial score (nSPS) is 11.8. The SMILES string of the molecule is Cc1cc2c(C(F)(F)F)c(C#N)ccc2n1Cc1ccc(Br)s1. The van der Waals surface area contributed by atoms with Gasteiger partial charge in [-0.2, -0.15) is 18.4 Å². The van der Waals surface area contributed by atoms with E-state index in [0.717, 1.165) is 14.4 Å². The molecule has 0 bridgehead atoms. The average Bonchev–Trinajstić information content (AvgIpc) is 3.01. The van der Waals surface area contributed by atoms with Gasteiger partial charge in [-0.15, -0.1) is 11.3 Å². The lowest BCUT2D eigenvalue weighted by atomic mass is 10.0. The molecule has 0 aliphatic heterocycles. The van der Waals surface area contributed by atoms with Crippen LogP contribution in [0.5, 0.6) is 0 Å². The molecular formula is C16H10BrF3N2S. The van der Waals surface area contributed by atoms with Crippen molar-refractivity contribution in [1.82, 2.24) is 4.57 Å². The van der Waals surface area contributed by atoms with Gasteiger partial charge in [0.1, 0.15) is 0 Å². The zero-order valence-corrected chi connectivity index (χ0v) is 14.3. The van der Waals surface area contributed by atoms with E-state index in [1.165, 1.54) is 12.1 Å². The van der Waals surface area contributed by atoms with E-state index in [1.54, 1.807) is 30.4 Å². The number of thiophene rings is 1. The summed E-state index contributed by atoms with van der Waals surface area (Å²) in [5.41, 5.74) is 0.0104. The Hall–Kier alpha value is -1.78. The summed E-state index contributed by atoms with van der Waals surface area (Å²) >= 11 is 4.93. The van der Waals surface area contributed by atoms with Gasteiger partial charge in [-0.3, -0.25) is 0 Å². The molecule has 0 N–H and O–H groups in total. The Kier molecular flexibility index (Phi) is 3.98. The minimum atomic E-state index is -4.56. The predicted molar refractivity (Wildman–Crippen MR) is 87.5 cm³/mol. The highest BCUT2D eigenvalue weighted by Gasteiger charge is 2.36. The predicted octanol–water partition coefficient (Wildman–Crippen LogP) is 5.71. The first-order valence-corrected chi connectivity index (χ1v) is 8.26. The highest BCUT2D eigenvalue weighted by molar-refractivity contribution is 9.11. The Bertz CT molecular complexity index is 931. The molecule has 0 radical (unpaired) electrons. The second kappa shape index (κ2) is 5.69. The summed E-state index contributed by atoms with van der Waals surface area (Å²) in [6, 6.07) is 9.82. The lowest BCUT2D eigenvalue weighted by Crippen LogP contribution is -2.09. The van der Waals surface area contributed by atoms with Gasteiger partial charge in [0, 0.05) is 21.5 Å². The lowest BCUT2D eigenvalue weighted by Gasteiger charge is -2.11. The third-order valence-corrected chi connectivity index (χ3v) is 5.25. The lowest BCUT2D eigenvalue weighted by molar-refractivity contribution is -0.136. The summed E-state index contributed by atoms with van der Waals surface area (Å²) in [5, 5.41) is 9.07. The number of hydrogen-bond donors (Lipinski definition) is 0. The number of halogens is 4. The number of nitriles is 1. The first kappa shape index (κ1) is 16.1. The molecule has 3 rings (SSSR count). The molecule has 0 aliphatic carbocycles. The Balaban J connectivity index is 2.22. The molecule has 0 amide bonds. The van der Waals surface area contributed by atoms with Crippen molar-refractivity contribution in [1.29, 1.82) is 5.26 Å². The van der Waals surface area contributed by atoms with Gasteiger partial charge < -0.3 is 4.57 Å². The number of nitrogens with zero attached hydrogens (tertiary/aromatic N) is 2. The molecule has 7 heteroatoms. The second-order valence-electron chi connectivity index (χ2n) is 5.11. The van der Waals surface area contributed by atoms with Gasteiger partial charge in [0.05, 0.1) is 27.5 Å². The molecule has 0 saturated carbocycles. The molecule has 0 spiro atoms. The molecule has 23 heavy (non-hydrogen) atoms. The fourth-order valence-corrected chi connectivity index (χ4v) is 4.14. The van der Waals surface area contributed by atoms with Crippen molar-refractivity contribution in [3.63, 3.8) is 0 Å². The van der Waals surface area contributed by atoms with Crippen molar-refractivity contribution >= 4 is 38.2 Å². The van der Waals surface area contributed by atoms with Crippen LogP contribution in [0.3, 0.4) is 0 Å². The monoisotopic (exact) mass is 398 g/mol. The van der Waals surface area contributed by atoms with Gasteiger partial charge in [0.2, 0.25) is 0 Å². The van der Waals surface area contributed by atoms with Crippen LogP contribution < -0.4 is 0 Å². The number of aryl methyl sites for hydroxylation is 1. The maximum atomic E-state index is 13.4. The first-order chi connectivity index (χ1) is 10.8. The highest BCUT2D eigenvalue weighted by Crippen LogP contribution is 2.38. The number of aromatic nitrogens is 1. The third kappa shape index (κ3) is 2.89. The largest absolute Gasteiger partial charge is 0.418 e. The molecule has 0 unspecified atom stereocenters. The van der Waals surface area contributed by atoms with Crippen LogP contribution in [0.2, 0.25) is 0 Å². The van der Waals surface area contributed by atoms with Crippen LogP contribution in [0, 0.1) is 18.3 Å². The molecule has 1 aromatic carbocycles. The van der Waals surface area contributed by atoms with E-state index in [-0.39, 0.29) is 10.9 Å². The van der Waals surface area contributed by atoms with Gasteiger partial charge in [0.15, 0.2) is 0 Å². The Labute approximate surface area is 142 Å². The van der Waals surface area contributed by atoms with E-state index in [4.69, 9.17) is 5.26 Å². The Morgan fingerprint density at radius 2 is 2.00 bits per heavy atom. The summed E-state index contributed by atoms with van der Waals surface area (Å²) in [6.07, 6.45) is -4.56. The van der Waals surface area contributed by atoms with Crippen molar-refractivity contribution in [2.24, 2.45) is 0 Å². The van der Waals surface area contributed by atoms with Gasteiger partial charge in [-0.1, -0.05) is 0 Å². The zero-order chi connectivity index (χ0) is 16.8. The van der Waals surface area contributed by atoms with Crippen molar-refractivity contribution in [2.75, 3.05) is 0 Å². The molecule has 118 valence electrons. The second-order valence-corrected chi connectivity index (χ2v) is 7.66. The minimum absolute atomic E-state index is 0.0738.